The van der Waals surface area contributed by atoms with E-state index in [0.29, 0.717) is 5.69 Å². The summed E-state index contributed by atoms with van der Waals surface area (Å²) >= 11 is 0. The van der Waals surface area contributed by atoms with Crippen LogP contribution in [0.1, 0.15) is 40.0 Å². The molecule has 4 nitrogen and oxygen atoms in total. The molecule has 4 heteroatoms. The van der Waals surface area contributed by atoms with Crippen molar-refractivity contribution in [2.24, 2.45) is 0 Å². The van der Waals surface area contributed by atoms with Gasteiger partial charge in [0.25, 0.3) is 5.91 Å². The molecule has 1 aliphatic heterocycles. The van der Waals surface area contributed by atoms with Gasteiger partial charge in [-0.25, -0.2) is 0 Å². The number of hydrogen-bond acceptors (Lipinski definition) is 2. The number of piperidine rings is 1. The zero-order valence-corrected chi connectivity index (χ0v) is 13.0. The summed E-state index contributed by atoms with van der Waals surface area (Å²) in [6.07, 6.45) is 2.17. The molecule has 3 rings (SSSR count). The third-order valence-electron chi connectivity index (χ3n) is 4.52. The molecule has 0 radical (unpaired) electrons. The standard InChI is InChI=1S/C17H23N3O/c1-10-7-11(2)14-8-15(20-16(14)12(10)3)17(21)19-13-5-4-6-18-9-13/h7-8,13,18,20H,4-6,9H2,1-3H3,(H,19,21)/t13-/m1/s1. The maximum atomic E-state index is 12.4. The number of carbonyl (C=O) groups excluding carboxylic acids is 1. The lowest BCUT2D eigenvalue weighted by Crippen LogP contribution is -2.45. The highest BCUT2D eigenvalue weighted by Gasteiger charge is 2.18. The Kier molecular flexibility index (Phi) is 3.72. The molecule has 0 unspecified atom stereocenters. The molecule has 1 amide bonds. The van der Waals surface area contributed by atoms with E-state index in [0.717, 1.165) is 36.8 Å². The Hall–Kier alpha value is -1.81. The summed E-state index contributed by atoms with van der Waals surface area (Å²) in [6.45, 7) is 8.21. The number of rotatable bonds is 2. The first-order valence-corrected chi connectivity index (χ1v) is 7.67. The summed E-state index contributed by atoms with van der Waals surface area (Å²) in [5.74, 6) is -0.00338. The maximum absolute atomic E-state index is 12.4. The van der Waals surface area contributed by atoms with Gasteiger partial charge in [-0.15, -0.1) is 0 Å². The number of aromatic nitrogens is 1. The molecule has 0 aliphatic carbocycles. The lowest BCUT2D eigenvalue weighted by molar-refractivity contribution is 0.0926. The Labute approximate surface area is 125 Å². The molecule has 21 heavy (non-hydrogen) atoms. The molecule has 0 spiro atoms. The van der Waals surface area contributed by atoms with Crippen LogP contribution in [-0.4, -0.2) is 30.0 Å². The summed E-state index contributed by atoms with van der Waals surface area (Å²) in [4.78, 5) is 15.7. The second kappa shape index (κ2) is 5.53. The Morgan fingerprint density at radius 1 is 1.24 bits per heavy atom. The maximum Gasteiger partial charge on any atom is 0.267 e. The summed E-state index contributed by atoms with van der Waals surface area (Å²) in [5.41, 5.74) is 5.42. The average molecular weight is 285 g/mol. The van der Waals surface area contributed by atoms with Gasteiger partial charge < -0.3 is 15.6 Å². The van der Waals surface area contributed by atoms with E-state index >= 15 is 0 Å². The molecule has 0 saturated carbocycles. The van der Waals surface area contributed by atoms with Gasteiger partial charge in [0, 0.05) is 23.5 Å². The highest BCUT2D eigenvalue weighted by molar-refractivity contribution is 6.00. The molecule has 1 saturated heterocycles. The number of benzene rings is 1. The fourth-order valence-corrected chi connectivity index (χ4v) is 3.13. The molecule has 1 atom stereocenters. The minimum Gasteiger partial charge on any atom is -0.350 e. The van der Waals surface area contributed by atoms with Crippen LogP contribution in [0.25, 0.3) is 10.9 Å². The van der Waals surface area contributed by atoms with Crippen LogP contribution in [0.3, 0.4) is 0 Å². The molecule has 2 aromatic rings. The molecule has 1 fully saturated rings. The number of carbonyl (C=O) groups is 1. The smallest absolute Gasteiger partial charge is 0.267 e. The lowest BCUT2D eigenvalue weighted by atomic mass is 10.0. The van der Waals surface area contributed by atoms with Crippen molar-refractivity contribution in [3.8, 4) is 0 Å². The van der Waals surface area contributed by atoms with Gasteiger partial charge in [0.2, 0.25) is 0 Å². The average Bonchev–Trinajstić information content (AvgIpc) is 2.92. The van der Waals surface area contributed by atoms with Crippen LogP contribution in [-0.2, 0) is 0 Å². The number of nitrogens with one attached hydrogen (secondary N) is 3. The van der Waals surface area contributed by atoms with Crippen molar-refractivity contribution in [3.63, 3.8) is 0 Å². The number of aryl methyl sites for hydroxylation is 3. The van der Waals surface area contributed by atoms with E-state index in [-0.39, 0.29) is 11.9 Å². The highest BCUT2D eigenvalue weighted by Crippen LogP contribution is 2.25. The topological polar surface area (TPSA) is 56.9 Å². The van der Waals surface area contributed by atoms with Crippen molar-refractivity contribution >= 4 is 16.8 Å². The van der Waals surface area contributed by atoms with Gasteiger partial charge in [-0.1, -0.05) is 6.07 Å². The second-order valence-corrected chi connectivity index (χ2v) is 6.12. The van der Waals surface area contributed by atoms with Crippen molar-refractivity contribution < 1.29 is 4.79 Å². The fourth-order valence-electron chi connectivity index (χ4n) is 3.13. The first-order chi connectivity index (χ1) is 10.1. The Morgan fingerprint density at radius 2 is 2.05 bits per heavy atom. The van der Waals surface area contributed by atoms with Gasteiger partial charge in [0.05, 0.1) is 0 Å². The Morgan fingerprint density at radius 3 is 2.76 bits per heavy atom. The zero-order valence-electron chi connectivity index (χ0n) is 13.0. The van der Waals surface area contributed by atoms with Crippen molar-refractivity contribution in [1.82, 2.24) is 15.6 Å². The van der Waals surface area contributed by atoms with Crippen molar-refractivity contribution in [1.29, 1.82) is 0 Å². The summed E-state index contributed by atoms with van der Waals surface area (Å²) in [6, 6.07) is 4.39. The SMILES string of the molecule is Cc1cc(C)c2cc(C(=O)N[C@@H]3CCCNC3)[nH]c2c1C. The van der Waals surface area contributed by atoms with Crippen LogP contribution in [0.5, 0.6) is 0 Å². The fraction of sp³-hybridized carbons (Fsp3) is 0.471. The third-order valence-corrected chi connectivity index (χ3v) is 4.52. The van der Waals surface area contributed by atoms with E-state index in [4.69, 9.17) is 0 Å². The number of fused-ring (bicyclic) bond motifs is 1. The van der Waals surface area contributed by atoms with E-state index < -0.39 is 0 Å². The van der Waals surface area contributed by atoms with E-state index in [1.165, 1.54) is 16.7 Å². The molecule has 1 aromatic heterocycles. The van der Waals surface area contributed by atoms with Gasteiger partial charge in [0.1, 0.15) is 5.69 Å². The van der Waals surface area contributed by atoms with Crippen LogP contribution in [0.15, 0.2) is 12.1 Å². The summed E-state index contributed by atoms with van der Waals surface area (Å²) in [7, 11) is 0. The lowest BCUT2D eigenvalue weighted by Gasteiger charge is -2.23. The first-order valence-electron chi connectivity index (χ1n) is 7.67. The van der Waals surface area contributed by atoms with Gasteiger partial charge >= 0.3 is 0 Å². The predicted molar refractivity (Wildman–Crippen MR) is 85.9 cm³/mol. The Bertz CT molecular complexity index is 681. The largest absolute Gasteiger partial charge is 0.350 e. The normalized spacial score (nSPS) is 18.9. The molecule has 2 heterocycles. The number of aromatic amines is 1. The summed E-state index contributed by atoms with van der Waals surface area (Å²) < 4.78 is 0. The summed E-state index contributed by atoms with van der Waals surface area (Å²) in [5, 5.41) is 7.58. The van der Waals surface area contributed by atoms with Crippen LogP contribution in [0, 0.1) is 20.8 Å². The third kappa shape index (κ3) is 2.68. The number of amides is 1. The molecule has 0 bridgehead atoms. The molecule has 112 valence electrons. The minimum atomic E-state index is -0.00338. The van der Waals surface area contributed by atoms with Crippen LogP contribution < -0.4 is 10.6 Å². The number of H-pyrrole nitrogens is 1. The molecule has 3 N–H and O–H groups in total. The second-order valence-electron chi connectivity index (χ2n) is 6.12. The van der Waals surface area contributed by atoms with E-state index in [9.17, 15) is 4.79 Å². The van der Waals surface area contributed by atoms with Crippen molar-refractivity contribution in [2.45, 2.75) is 39.7 Å². The van der Waals surface area contributed by atoms with Crippen LogP contribution >= 0.6 is 0 Å². The highest BCUT2D eigenvalue weighted by atomic mass is 16.1. The Balaban J connectivity index is 1.88. The van der Waals surface area contributed by atoms with Crippen molar-refractivity contribution in [2.75, 3.05) is 13.1 Å². The zero-order chi connectivity index (χ0) is 15.0. The van der Waals surface area contributed by atoms with E-state index in [1.54, 1.807) is 0 Å². The van der Waals surface area contributed by atoms with Crippen LogP contribution in [0.2, 0.25) is 0 Å². The van der Waals surface area contributed by atoms with Gasteiger partial charge in [0.15, 0.2) is 0 Å². The van der Waals surface area contributed by atoms with Gasteiger partial charge in [-0.05, 0) is 62.9 Å². The minimum absolute atomic E-state index is 0.00338. The van der Waals surface area contributed by atoms with Gasteiger partial charge in [-0.2, -0.15) is 0 Å². The first kappa shape index (κ1) is 14.1. The molecular weight excluding hydrogens is 262 g/mol. The molecule has 1 aromatic carbocycles. The van der Waals surface area contributed by atoms with Gasteiger partial charge in [-0.3, -0.25) is 4.79 Å². The monoisotopic (exact) mass is 285 g/mol. The van der Waals surface area contributed by atoms with E-state index in [2.05, 4.69) is 42.5 Å². The predicted octanol–water partition coefficient (Wildman–Crippen LogP) is 2.57. The molecular formula is C17H23N3O. The number of hydrogen-bond donors (Lipinski definition) is 3. The van der Waals surface area contributed by atoms with Crippen molar-refractivity contribution in [3.05, 3.63) is 34.5 Å². The van der Waals surface area contributed by atoms with Crippen LogP contribution in [0.4, 0.5) is 0 Å². The van der Waals surface area contributed by atoms with E-state index in [1.807, 2.05) is 6.07 Å². The quantitative estimate of drug-likeness (QED) is 0.794. The molecule has 1 aliphatic rings.